The third-order valence-corrected chi connectivity index (χ3v) is 0.969. The highest BCUT2D eigenvalue weighted by Gasteiger charge is 1.96. The average Bonchev–Trinajstić information content (AvgIpc) is 2.05. The molecule has 0 aliphatic carbocycles. The van der Waals surface area contributed by atoms with Crippen LogP contribution in [-0.4, -0.2) is 36.9 Å². The van der Waals surface area contributed by atoms with Gasteiger partial charge in [-0.05, 0) is 13.8 Å². The number of rotatable bonds is 4. The zero-order valence-electron chi connectivity index (χ0n) is 8.91. The second-order valence-electron chi connectivity index (χ2n) is 2.20. The molecule has 0 bridgehead atoms. The fraction of sp³-hybridized carbons (Fsp3) is 0.778. The predicted molar refractivity (Wildman–Crippen MR) is 50.6 cm³/mol. The van der Waals surface area contributed by atoms with Crippen LogP contribution in [0.4, 0.5) is 0 Å². The monoisotopic (exact) mass is 206 g/mol. The van der Waals surface area contributed by atoms with Crippen molar-refractivity contribution in [1.29, 1.82) is 0 Å². The van der Waals surface area contributed by atoms with Gasteiger partial charge in [0.2, 0.25) is 0 Å². The number of aliphatic hydroxyl groups is 1. The van der Waals surface area contributed by atoms with Crippen LogP contribution in [0.1, 0.15) is 27.2 Å². The number of carbonyl (C=O) groups is 2. The van der Waals surface area contributed by atoms with E-state index in [1.807, 2.05) is 0 Å². The molecular weight excluding hydrogens is 188 g/mol. The van der Waals surface area contributed by atoms with Crippen molar-refractivity contribution in [2.24, 2.45) is 0 Å². The Hall–Kier alpha value is -1.10. The molecule has 0 aromatic rings. The zero-order valence-corrected chi connectivity index (χ0v) is 8.91. The van der Waals surface area contributed by atoms with E-state index in [2.05, 4.69) is 9.47 Å². The van der Waals surface area contributed by atoms with Gasteiger partial charge in [-0.1, -0.05) is 0 Å². The molecule has 0 saturated heterocycles. The highest BCUT2D eigenvalue weighted by Crippen LogP contribution is 1.82. The van der Waals surface area contributed by atoms with Crippen molar-refractivity contribution in [3.63, 3.8) is 0 Å². The van der Waals surface area contributed by atoms with Gasteiger partial charge in [0.25, 0.3) is 0 Å². The number of hydrogen-bond acceptors (Lipinski definition) is 5. The maximum atomic E-state index is 10.3. The third-order valence-electron chi connectivity index (χ3n) is 0.969. The van der Waals surface area contributed by atoms with Crippen molar-refractivity contribution in [1.82, 2.24) is 0 Å². The second kappa shape index (κ2) is 11.9. The summed E-state index contributed by atoms with van der Waals surface area (Å²) >= 11 is 0. The van der Waals surface area contributed by atoms with Crippen LogP contribution in [0, 0.1) is 0 Å². The Labute approximate surface area is 84.0 Å². The molecule has 5 heteroatoms. The first-order valence-electron chi connectivity index (χ1n) is 4.48. The summed E-state index contributed by atoms with van der Waals surface area (Å²) in [7, 11) is 0. The van der Waals surface area contributed by atoms with E-state index >= 15 is 0 Å². The maximum Gasteiger partial charge on any atom is 0.308 e. The lowest BCUT2D eigenvalue weighted by Crippen LogP contribution is -2.05. The quantitative estimate of drug-likeness (QED) is 0.678. The van der Waals surface area contributed by atoms with E-state index in [0.717, 1.165) is 0 Å². The van der Waals surface area contributed by atoms with E-state index in [1.54, 1.807) is 13.8 Å². The van der Waals surface area contributed by atoms with Gasteiger partial charge < -0.3 is 14.6 Å². The lowest BCUT2D eigenvalue weighted by Gasteiger charge is -1.96. The molecule has 84 valence electrons. The summed E-state index contributed by atoms with van der Waals surface area (Å²) in [5.41, 5.74) is 0. The fourth-order valence-electron chi connectivity index (χ4n) is 0.528. The molecule has 0 aliphatic heterocycles. The molecule has 0 fully saturated rings. The van der Waals surface area contributed by atoms with Crippen LogP contribution < -0.4 is 0 Å². The number of hydrogen-bond donors (Lipinski definition) is 1. The molecular formula is C9H18O5. The number of esters is 2. The van der Waals surface area contributed by atoms with Crippen LogP contribution in [-0.2, 0) is 19.1 Å². The summed E-state index contributed by atoms with van der Waals surface area (Å²) in [5.74, 6) is -0.549. The van der Waals surface area contributed by atoms with Gasteiger partial charge in [0.05, 0.1) is 26.2 Å². The summed E-state index contributed by atoms with van der Waals surface area (Å²) in [5, 5.41) is 8.16. The molecule has 14 heavy (non-hydrogen) atoms. The lowest BCUT2D eigenvalue weighted by molar-refractivity contribution is -0.144. The van der Waals surface area contributed by atoms with E-state index in [1.165, 1.54) is 6.92 Å². The molecule has 5 nitrogen and oxygen atoms in total. The normalized spacial score (nSPS) is 8.29. The molecule has 0 aromatic heterocycles. The fourth-order valence-corrected chi connectivity index (χ4v) is 0.528. The van der Waals surface area contributed by atoms with Crippen molar-refractivity contribution < 1.29 is 24.2 Å². The van der Waals surface area contributed by atoms with Crippen molar-refractivity contribution in [3.05, 3.63) is 0 Å². The van der Waals surface area contributed by atoms with Gasteiger partial charge in [-0.2, -0.15) is 0 Å². The number of ether oxygens (including phenoxy) is 2. The average molecular weight is 206 g/mol. The Morgan fingerprint density at radius 2 is 1.64 bits per heavy atom. The van der Waals surface area contributed by atoms with Crippen molar-refractivity contribution in [2.75, 3.05) is 19.8 Å². The van der Waals surface area contributed by atoms with Gasteiger partial charge in [0, 0.05) is 6.92 Å². The van der Waals surface area contributed by atoms with E-state index in [-0.39, 0.29) is 25.0 Å². The Balaban J connectivity index is 0. The first-order chi connectivity index (χ1) is 6.58. The van der Waals surface area contributed by atoms with Crippen LogP contribution in [0.2, 0.25) is 0 Å². The molecule has 0 unspecified atom stereocenters. The van der Waals surface area contributed by atoms with Gasteiger partial charge >= 0.3 is 11.9 Å². The molecule has 0 rings (SSSR count). The van der Waals surface area contributed by atoms with Crippen LogP contribution in [0.25, 0.3) is 0 Å². The summed E-state index contributed by atoms with van der Waals surface area (Å²) < 4.78 is 8.89. The Kier molecular flexibility index (Phi) is 13.1. The van der Waals surface area contributed by atoms with Crippen LogP contribution in [0.3, 0.4) is 0 Å². The summed E-state index contributed by atoms with van der Waals surface area (Å²) in [6.07, 6.45) is 0.105. The summed E-state index contributed by atoms with van der Waals surface area (Å²) in [6.45, 7) is 5.65. The SMILES string of the molecule is CCOC(=O)CCO.CCOC(C)=O. The van der Waals surface area contributed by atoms with E-state index in [9.17, 15) is 9.59 Å². The van der Waals surface area contributed by atoms with E-state index < -0.39 is 0 Å². The second-order valence-corrected chi connectivity index (χ2v) is 2.20. The van der Waals surface area contributed by atoms with E-state index in [0.29, 0.717) is 13.2 Å². The van der Waals surface area contributed by atoms with Crippen molar-refractivity contribution >= 4 is 11.9 Å². The van der Waals surface area contributed by atoms with Crippen molar-refractivity contribution in [2.45, 2.75) is 27.2 Å². The van der Waals surface area contributed by atoms with Crippen LogP contribution in [0.5, 0.6) is 0 Å². The Bertz CT molecular complexity index is 147. The maximum absolute atomic E-state index is 10.3. The Morgan fingerprint density at radius 3 is 1.86 bits per heavy atom. The highest BCUT2D eigenvalue weighted by molar-refractivity contribution is 5.69. The number of aliphatic hydroxyl groups excluding tert-OH is 1. The predicted octanol–water partition coefficient (Wildman–Crippen LogP) is 0.501. The van der Waals surface area contributed by atoms with Crippen LogP contribution >= 0.6 is 0 Å². The topological polar surface area (TPSA) is 72.8 Å². The number of carbonyl (C=O) groups excluding carboxylic acids is 2. The molecule has 0 radical (unpaired) electrons. The van der Waals surface area contributed by atoms with E-state index in [4.69, 9.17) is 5.11 Å². The molecule has 0 heterocycles. The first-order valence-corrected chi connectivity index (χ1v) is 4.48. The molecule has 0 amide bonds. The minimum absolute atomic E-state index is 0.105. The van der Waals surface area contributed by atoms with Gasteiger partial charge in [-0.25, -0.2) is 0 Å². The lowest BCUT2D eigenvalue weighted by atomic mass is 10.5. The van der Waals surface area contributed by atoms with Crippen LogP contribution in [0.15, 0.2) is 0 Å². The summed E-state index contributed by atoms with van der Waals surface area (Å²) in [4.78, 5) is 20.1. The first kappa shape index (κ1) is 15.4. The summed E-state index contributed by atoms with van der Waals surface area (Å²) in [6, 6.07) is 0. The largest absolute Gasteiger partial charge is 0.466 e. The Morgan fingerprint density at radius 1 is 1.14 bits per heavy atom. The minimum atomic E-state index is -0.338. The van der Waals surface area contributed by atoms with Gasteiger partial charge in [-0.15, -0.1) is 0 Å². The molecule has 0 spiro atoms. The smallest absolute Gasteiger partial charge is 0.308 e. The van der Waals surface area contributed by atoms with Crippen molar-refractivity contribution in [3.8, 4) is 0 Å². The molecule has 0 atom stereocenters. The highest BCUT2D eigenvalue weighted by atomic mass is 16.5. The standard InChI is InChI=1S/C5H10O3.C4H8O2/c1-2-8-5(7)3-4-6;1-3-6-4(2)5/h6H,2-4H2,1H3;3H2,1-2H3. The minimum Gasteiger partial charge on any atom is -0.466 e. The molecule has 0 aromatic carbocycles. The third kappa shape index (κ3) is 17.1. The van der Waals surface area contributed by atoms with Gasteiger partial charge in [0.15, 0.2) is 0 Å². The molecule has 0 saturated carbocycles. The van der Waals surface area contributed by atoms with Gasteiger partial charge in [-0.3, -0.25) is 9.59 Å². The molecule has 1 N–H and O–H groups in total. The molecule has 0 aliphatic rings. The van der Waals surface area contributed by atoms with Gasteiger partial charge in [0.1, 0.15) is 0 Å². The zero-order chi connectivity index (χ0) is 11.4.